The van der Waals surface area contributed by atoms with E-state index in [0.29, 0.717) is 17.4 Å². The summed E-state index contributed by atoms with van der Waals surface area (Å²) in [6, 6.07) is 13.7. The maximum Gasteiger partial charge on any atom is 0.272 e. The molecule has 7 nitrogen and oxygen atoms in total. The van der Waals surface area contributed by atoms with E-state index in [1.54, 1.807) is 0 Å². The van der Waals surface area contributed by atoms with Crippen LogP contribution in [0.4, 0.5) is 5.69 Å². The van der Waals surface area contributed by atoms with Gasteiger partial charge in [0, 0.05) is 24.1 Å². The predicted octanol–water partition coefficient (Wildman–Crippen LogP) is 2.40. The second-order valence-corrected chi connectivity index (χ2v) is 4.73. The topological polar surface area (TPSA) is 101 Å². The molecule has 7 heteroatoms. The van der Waals surface area contributed by atoms with Crippen LogP contribution in [0.25, 0.3) is 10.9 Å². The number of fused-ring (bicyclic) bond motifs is 1. The van der Waals surface area contributed by atoms with Gasteiger partial charge in [0.2, 0.25) is 0 Å². The van der Waals surface area contributed by atoms with Gasteiger partial charge in [0.25, 0.3) is 11.6 Å². The first-order valence-electron chi connectivity index (χ1n) is 6.60. The highest BCUT2D eigenvalue weighted by Crippen LogP contribution is 2.22. The molecule has 0 bridgehead atoms. The van der Waals surface area contributed by atoms with Crippen LogP contribution in [0.15, 0.2) is 48.5 Å². The fourth-order valence-electron chi connectivity index (χ4n) is 2.15. The van der Waals surface area contributed by atoms with Gasteiger partial charge in [-0.3, -0.25) is 20.0 Å². The molecule has 1 aromatic heterocycles. The van der Waals surface area contributed by atoms with E-state index in [1.807, 2.05) is 30.3 Å². The Labute approximate surface area is 125 Å². The third kappa shape index (κ3) is 2.64. The fraction of sp³-hybridized carbons (Fsp3) is 0.0667. The highest BCUT2D eigenvalue weighted by Gasteiger charge is 2.16. The number of non-ortho nitro benzene ring substituents is 1. The molecule has 0 saturated carbocycles. The third-order valence-electron chi connectivity index (χ3n) is 3.27. The Hall–Kier alpha value is -3.22. The van der Waals surface area contributed by atoms with E-state index in [9.17, 15) is 14.9 Å². The Morgan fingerprint density at radius 2 is 2.00 bits per heavy atom. The number of nitrogens with zero attached hydrogens (tertiary/aromatic N) is 2. The third-order valence-corrected chi connectivity index (χ3v) is 3.27. The summed E-state index contributed by atoms with van der Waals surface area (Å²) in [5.74, 6) is -0.379. The Kier molecular flexibility index (Phi) is 3.53. The number of rotatable bonds is 4. The van der Waals surface area contributed by atoms with Crippen LogP contribution in [0.5, 0.6) is 0 Å². The average Bonchev–Trinajstić information content (AvgIpc) is 2.96. The zero-order chi connectivity index (χ0) is 15.5. The van der Waals surface area contributed by atoms with Crippen LogP contribution in [0.1, 0.15) is 16.1 Å². The standard InChI is InChI=1S/C15H12N4O3/c20-15(16-9-10-4-2-1-3-5-10)14-12-8-11(19(21)22)6-7-13(12)17-18-14/h1-8H,9H2,(H,16,20)(H,17,18). The van der Waals surface area contributed by atoms with Crippen LogP contribution in [0.3, 0.4) is 0 Å². The van der Waals surface area contributed by atoms with Crippen molar-refractivity contribution in [2.24, 2.45) is 0 Å². The lowest BCUT2D eigenvalue weighted by Gasteiger charge is -2.03. The summed E-state index contributed by atoms with van der Waals surface area (Å²) >= 11 is 0. The number of hydrogen-bond donors (Lipinski definition) is 2. The Morgan fingerprint density at radius 1 is 1.23 bits per heavy atom. The lowest BCUT2D eigenvalue weighted by Crippen LogP contribution is -2.23. The Bertz CT molecular complexity index is 842. The largest absolute Gasteiger partial charge is 0.347 e. The minimum atomic E-state index is -0.502. The smallest absolute Gasteiger partial charge is 0.272 e. The SMILES string of the molecule is O=C(NCc1ccccc1)c1n[nH]c2ccc([N+](=O)[O-])cc12. The van der Waals surface area contributed by atoms with Crippen LogP contribution in [0, 0.1) is 10.1 Å². The molecule has 0 saturated heterocycles. The van der Waals surface area contributed by atoms with Crippen molar-refractivity contribution in [1.82, 2.24) is 15.5 Å². The molecule has 3 rings (SSSR count). The summed E-state index contributed by atoms with van der Waals surface area (Å²) in [4.78, 5) is 22.5. The van der Waals surface area contributed by atoms with Gasteiger partial charge < -0.3 is 5.32 Å². The van der Waals surface area contributed by atoms with Crippen LogP contribution in [0.2, 0.25) is 0 Å². The van der Waals surface area contributed by atoms with Gasteiger partial charge in [-0.1, -0.05) is 30.3 Å². The molecular formula is C15H12N4O3. The van der Waals surface area contributed by atoms with Crippen molar-refractivity contribution >= 4 is 22.5 Å². The van der Waals surface area contributed by atoms with E-state index in [2.05, 4.69) is 15.5 Å². The summed E-state index contributed by atoms with van der Waals surface area (Å²) in [5, 5.41) is 20.7. The number of carbonyl (C=O) groups is 1. The number of hydrogen-bond acceptors (Lipinski definition) is 4. The number of aromatic amines is 1. The normalized spacial score (nSPS) is 10.5. The number of amides is 1. The van der Waals surface area contributed by atoms with Crippen LogP contribution in [-0.2, 0) is 6.54 Å². The molecule has 0 fully saturated rings. The molecule has 2 N–H and O–H groups in total. The number of aromatic nitrogens is 2. The van der Waals surface area contributed by atoms with Crippen LogP contribution in [-0.4, -0.2) is 21.0 Å². The number of nitrogens with one attached hydrogen (secondary N) is 2. The van der Waals surface area contributed by atoms with Crippen molar-refractivity contribution in [3.05, 3.63) is 69.9 Å². The summed E-state index contributed by atoms with van der Waals surface area (Å²) < 4.78 is 0. The van der Waals surface area contributed by atoms with Crippen molar-refractivity contribution in [2.75, 3.05) is 0 Å². The first-order valence-corrected chi connectivity index (χ1v) is 6.60. The van der Waals surface area contributed by atoms with Gasteiger partial charge in [0.05, 0.1) is 10.4 Å². The van der Waals surface area contributed by atoms with Gasteiger partial charge in [-0.25, -0.2) is 0 Å². The van der Waals surface area contributed by atoms with Gasteiger partial charge >= 0.3 is 0 Å². The van der Waals surface area contributed by atoms with Crippen molar-refractivity contribution < 1.29 is 9.72 Å². The first-order chi connectivity index (χ1) is 10.6. The van der Waals surface area contributed by atoms with Crippen LogP contribution < -0.4 is 5.32 Å². The number of nitro groups is 1. The molecular weight excluding hydrogens is 284 g/mol. The minimum Gasteiger partial charge on any atom is -0.347 e. The van der Waals surface area contributed by atoms with Crippen LogP contribution >= 0.6 is 0 Å². The maximum atomic E-state index is 12.2. The predicted molar refractivity (Wildman–Crippen MR) is 80.4 cm³/mol. The zero-order valence-corrected chi connectivity index (χ0v) is 11.4. The van der Waals surface area contributed by atoms with Crippen molar-refractivity contribution in [2.45, 2.75) is 6.54 Å². The molecule has 3 aromatic rings. The van der Waals surface area contributed by atoms with Crippen molar-refractivity contribution in [1.29, 1.82) is 0 Å². The highest BCUT2D eigenvalue weighted by atomic mass is 16.6. The first kappa shape index (κ1) is 13.7. The maximum absolute atomic E-state index is 12.2. The van der Waals surface area contributed by atoms with Crippen molar-refractivity contribution in [3.8, 4) is 0 Å². The molecule has 1 amide bonds. The second kappa shape index (κ2) is 5.65. The number of nitro benzene ring substituents is 1. The van der Waals surface area contributed by atoms with Gasteiger partial charge in [0.1, 0.15) is 0 Å². The monoisotopic (exact) mass is 296 g/mol. The van der Waals surface area contributed by atoms with E-state index in [4.69, 9.17) is 0 Å². The van der Waals surface area contributed by atoms with E-state index in [0.717, 1.165) is 5.56 Å². The molecule has 0 radical (unpaired) electrons. The van der Waals surface area contributed by atoms with Gasteiger partial charge in [-0.05, 0) is 11.6 Å². The van der Waals surface area contributed by atoms with E-state index in [-0.39, 0.29) is 17.3 Å². The number of benzene rings is 2. The quantitative estimate of drug-likeness (QED) is 0.570. The fourth-order valence-corrected chi connectivity index (χ4v) is 2.15. The van der Waals surface area contributed by atoms with Crippen molar-refractivity contribution in [3.63, 3.8) is 0 Å². The molecule has 1 heterocycles. The molecule has 2 aromatic carbocycles. The molecule has 0 aliphatic heterocycles. The van der Waals surface area contributed by atoms with E-state index in [1.165, 1.54) is 18.2 Å². The minimum absolute atomic E-state index is 0.0778. The molecule has 22 heavy (non-hydrogen) atoms. The van der Waals surface area contributed by atoms with E-state index < -0.39 is 4.92 Å². The molecule has 0 aliphatic carbocycles. The van der Waals surface area contributed by atoms with Gasteiger partial charge in [0.15, 0.2) is 5.69 Å². The highest BCUT2D eigenvalue weighted by molar-refractivity contribution is 6.05. The number of carbonyl (C=O) groups excluding carboxylic acids is 1. The molecule has 0 unspecified atom stereocenters. The molecule has 0 atom stereocenters. The lowest BCUT2D eigenvalue weighted by molar-refractivity contribution is -0.384. The molecule has 110 valence electrons. The zero-order valence-electron chi connectivity index (χ0n) is 11.4. The number of H-pyrrole nitrogens is 1. The lowest BCUT2D eigenvalue weighted by atomic mass is 10.1. The Morgan fingerprint density at radius 3 is 2.73 bits per heavy atom. The van der Waals surface area contributed by atoms with E-state index >= 15 is 0 Å². The average molecular weight is 296 g/mol. The Balaban J connectivity index is 1.84. The molecule has 0 aliphatic rings. The van der Waals surface area contributed by atoms with Gasteiger partial charge in [-0.15, -0.1) is 0 Å². The summed E-state index contributed by atoms with van der Waals surface area (Å²) in [6.45, 7) is 0.364. The second-order valence-electron chi connectivity index (χ2n) is 4.73. The summed E-state index contributed by atoms with van der Waals surface area (Å²) in [6.07, 6.45) is 0. The van der Waals surface area contributed by atoms with Gasteiger partial charge in [-0.2, -0.15) is 5.10 Å². The summed E-state index contributed by atoms with van der Waals surface area (Å²) in [7, 11) is 0. The molecule has 0 spiro atoms. The summed E-state index contributed by atoms with van der Waals surface area (Å²) in [5.41, 5.74) is 1.61.